The number of aryl methyl sites for hydroxylation is 1. The van der Waals surface area contributed by atoms with Gasteiger partial charge < -0.3 is 9.47 Å². The van der Waals surface area contributed by atoms with E-state index in [4.69, 9.17) is 9.47 Å². The molecule has 0 bridgehead atoms. The molecule has 0 radical (unpaired) electrons. The number of nitrogens with zero attached hydrogens (tertiary/aromatic N) is 2. The third-order valence-electron chi connectivity index (χ3n) is 4.09. The van der Waals surface area contributed by atoms with Gasteiger partial charge in [0.25, 0.3) is 0 Å². The Labute approximate surface area is 151 Å². The molecule has 0 spiro atoms. The summed E-state index contributed by atoms with van der Waals surface area (Å²) in [6.07, 6.45) is 11.4. The van der Waals surface area contributed by atoms with Gasteiger partial charge in [0, 0.05) is 24.6 Å². The minimum atomic E-state index is 0.566. The van der Waals surface area contributed by atoms with Gasteiger partial charge in [-0.2, -0.15) is 0 Å². The van der Waals surface area contributed by atoms with Crippen molar-refractivity contribution in [1.29, 1.82) is 0 Å². The second kappa shape index (κ2) is 11.6. The molecule has 4 heteroatoms. The van der Waals surface area contributed by atoms with E-state index in [1.54, 1.807) is 0 Å². The second-order valence-corrected chi connectivity index (χ2v) is 6.15. The van der Waals surface area contributed by atoms with Gasteiger partial charge in [0.2, 0.25) is 0 Å². The first kappa shape index (κ1) is 19.4. The molecule has 0 aliphatic carbocycles. The van der Waals surface area contributed by atoms with E-state index >= 15 is 0 Å². The molecule has 136 valence electrons. The number of rotatable bonds is 12. The van der Waals surface area contributed by atoms with Crippen LogP contribution in [-0.4, -0.2) is 29.8 Å². The monoisotopic (exact) mass is 342 g/mol. The van der Waals surface area contributed by atoms with Crippen molar-refractivity contribution >= 4 is 0 Å². The van der Waals surface area contributed by atoms with E-state index in [0.717, 1.165) is 23.6 Å². The quantitative estimate of drug-likeness (QED) is 0.505. The molecule has 0 saturated heterocycles. The van der Waals surface area contributed by atoms with Gasteiger partial charge in [-0.15, -0.1) is 0 Å². The van der Waals surface area contributed by atoms with Crippen LogP contribution in [0.3, 0.4) is 0 Å². The normalized spacial score (nSPS) is 10.8. The average Bonchev–Trinajstić information content (AvgIpc) is 2.66. The Kier molecular flexibility index (Phi) is 8.98. The summed E-state index contributed by atoms with van der Waals surface area (Å²) in [6, 6.07) is 7.89. The van der Waals surface area contributed by atoms with Crippen LogP contribution in [0.2, 0.25) is 0 Å². The average molecular weight is 342 g/mol. The molecule has 0 atom stereocenters. The number of ether oxygens (including phenoxy) is 2. The molecule has 0 aliphatic rings. The van der Waals surface area contributed by atoms with Crippen LogP contribution in [0.1, 0.15) is 51.5 Å². The summed E-state index contributed by atoms with van der Waals surface area (Å²) >= 11 is 0. The number of hydrogen-bond acceptors (Lipinski definition) is 4. The number of aromatic nitrogens is 2. The van der Waals surface area contributed by atoms with E-state index in [1.807, 2.05) is 43.6 Å². The lowest BCUT2D eigenvalue weighted by molar-refractivity contribution is 0.110. The Bertz CT molecular complexity index is 582. The highest BCUT2D eigenvalue weighted by molar-refractivity contribution is 5.55. The van der Waals surface area contributed by atoms with Gasteiger partial charge in [-0.25, -0.2) is 9.97 Å². The van der Waals surface area contributed by atoms with Crippen molar-refractivity contribution in [1.82, 2.24) is 9.97 Å². The van der Waals surface area contributed by atoms with Crippen LogP contribution in [0.15, 0.2) is 36.7 Å². The summed E-state index contributed by atoms with van der Waals surface area (Å²) in [6.45, 7) is 6.12. The molecule has 2 aromatic rings. The molecule has 0 saturated carbocycles. The molecule has 4 nitrogen and oxygen atoms in total. The molecule has 1 aromatic heterocycles. The summed E-state index contributed by atoms with van der Waals surface area (Å²) in [5.41, 5.74) is 2.22. The molecule has 0 amide bonds. The second-order valence-electron chi connectivity index (χ2n) is 6.15. The largest absolute Gasteiger partial charge is 0.491 e. The first-order valence-corrected chi connectivity index (χ1v) is 9.45. The van der Waals surface area contributed by atoms with Gasteiger partial charge in [-0.05, 0) is 49.6 Å². The predicted octanol–water partition coefficient (Wildman–Crippen LogP) is 5.07. The van der Waals surface area contributed by atoms with Crippen LogP contribution >= 0.6 is 0 Å². The number of unbranched alkanes of at least 4 members (excludes halogenated alkanes) is 4. The smallest absolute Gasteiger partial charge is 0.159 e. The fourth-order valence-corrected chi connectivity index (χ4v) is 2.63. The minimum absolute atomic E-state index is 0.566. The van der Waals surface area contributed by atoms with E-state index in [-0.39, 0.29) is 0 Å². The lowest BCUT2D eigenvalue weighted by Gasteiger charge is -2.07. The standard InChI is InChI=1S/C21H30N2O2/c1-3-5-6-7-8-9-18-16-22-21(23-17-18)19-10-12-20(13-11-19)25-15-14-24-4-2/h10-13,16-17H,3-9,14-15H2,1-2H3. The Hall–Kier alpha value is -1.94. The molecule has 2 rings (SSSR count). The molecule has 1 aromatic carbocycles. The summed E-state index contributed by atoms with van der Waals surface area (Å²) < 4.78 is 10.9. The zero-order valence-electron chi connectivity index (χ0n) is 15.5. The van der Waals surface area contributed by atoms with Gasteiger partial charge in [-0.3, -0.25) is 0 Å². The van der Waals surface area contributed by atoms with Gasteiger partial charge in [-0.1, -0.05) is 32.6 Å². The van der Waals surface area contributed by atoms with Gasteiger partial charge in [0.15, 0.2) is 5.82 Å². The van der Waals surface area contributed by atoms with Crippen molar-refractivity contribution in [2.45, 2.75) is 52.4 Å². The maximum absolute atomic E-state index is 5.62. The lowest BCUT2D eigenvalue weighted by Crippen LogP contribution is -2.06. The summed E-state index contributed by atoms with van der Waals surface area (Å²) in [7, 11) is 0. The van der Waals surface area contributed by atoms with E-state index in [1.165, 1.54) is 37.7 Å². The van der Waals surface area contributed by atoms with Crippen LogP contribution in [0.5, 0.6) is 5.75 Å². The zero-order chi connectivity index (χ0) is 17.7. The van der Waals surface area contributed by atoms with E-state index < -0.39 is 0 Å². The van der Waals surface area contributed by atoms with Crippen LogP contribution in [-0.2, 0) is 11.2 Å². The highest BCUT2D eigenvalue weighted by Crippen LogP contribution is 2.19. The van der Waals surface area contributed by atoms with Crippen LogP contribution in [0.25, 0.3) is 11.4 Å². The Morgan fingerprint density at radius 2 is 1.56 bits per heavy atom. The lowest BCUT2D eigenvalue weighted by atomic mass is 10.1. The van der Waals surface area contributed by atoms with Crippen molar-refractivity contribution in [3.05, 3.63) is 42.2 Å². The molecule has 25 heavy (non-hydrogen) atoms. The summed E-state index contributed by atoms with van der Waals surface area (Å²) in [5, 5.41) is 0. The van der Waals surface area contributed by atoms with Gasteiger partial charge in [0.05, 0.1) is 6.61 Å². The van der Waals surface area contributed by atoms with Crippen molar-refractivity contribution in [3.8, 4) is 17.1 Å². The summed E-state index contributed by atoms with van der Waals surface area (Å²) in [4.78, 5) is 9.02. The Balaban J connectivity index is 1.80. The topological polar surface area (TPSA) is 44.2 Å². The molecule has 1 heterocycles. The molecular formula is C21H30N2O2. The third kappa shape index (κ3) is 7.22. The molecular weight excluding hydrogens is 312 g/mol. The summed E-state index contributed by atoms with van der Waals surface area (Å²) in [5.74, 6) is 1.60. The molecule has 0 unspecified atom stereocenters. The highest BCUT2D eigenvalue weighted by atomic mass is 16.5. The molecule has 0 fully saturated rings. The first-order chi connectivity index (χ1) is 12.3. The Morgan fingerprint density at radius 3 is 2.24 bits per heavy atom. The van der Waals surface area contributed by atoms with Crippen LogP contribution < -0.4 is 4.74 Å². The van der Waals surface area contributed by atoms with Gasteiger partial charge >= 0.3 is 0 Å². The fourth-order valence-electron chi connectivity index (χ4n) is 2.63. The number of hydrogen-bond donors (Lipinski definition) is 0. The highest BCUT2D eigenvalue weighted by Gasteiger charge is 2.03. The predicted molar refractivity (Wildman–Crippen MR) is 102 cm³/mol. The molecule has 0 N–H and O–H groups in total. The molecule has 0 aliphatic heterocycles. The zero-order valence-corrected chi connectivity index (χ0v) is 15.5. The van der Waals surface area contributed by atoms with Crippen molar-refractivity contribution in [2.24, 2.45) is 0 Å². The number of benzene rings is 1. The van der Waals surface area contributed by atoms with Crippen molar-refractivity contribution in [3.63, 3.8) is 0 Å². The SMILES string of the molecule is CCCCCCCc1cnc(-c2ccc(OCCOCC)cc2)nc1. The maximum Gasteiger partial charge on any atom is 0.159 e. The van der Waals surface area contributed by atoms with Gasteiger partial charge in [0.1, 0.15) is 12.4 Å². The van der Waals surface area contributed by atoms with Crippen molar-refractivity contribution < 1.29 is 9.47 Å². The van der Waals surface area contributed by atoms with E-state index in [0.29, 0.717) is 19.8 Å². The fraction of sp³-hybridized carbons (Fsp3) is 0.524. The van der Waals surface area contributed by atoms with E-state index in [2.05, 4.69) is 16.9 Å². The van der Waals surface area contributed by atoms with Crippen LogP contribution in [0, 0.1) is 0 Å². The van der Waals surface area contributed by atoms with Crippen molar-refractivity contribution in [2.75, 3.05) is 19.8 Å². The minimum Gasteiger partial charge on any atom is -0.491 e. The first-order valence-electron chi connectivity index (χ1n) is 9.45. The Morgan fingerprint density at radius 1 is 0.840 bits per heavy atom. The van der Waals surface area contributed by atoms with Crippen LogP contribution in [0.4, 0.5) is 0 Å². The maximum atomic E-state index is 5.62. The van der Waals surface area contributed by atoms with E-state index in [9.17, 15) is 0 Å². The third-order valence-corrected chi connectivity index (χ3v) is 4.09.